The molecular formula is C22H24O5. The quantitative estimate of drug-likeness (QED) is 0.704. The van der Waals surface area contributed by atoms with Crippen LogP contribution in [-0.4, -0.2) is 38.0 Å². The molecule has 142 valence electrons. The zero-order chi connectivity index (χ0) is 18.6. The molecule has 1 heterocycles. The first kappa shape index (κ1) is 18.2. The molecule has 0 aromatic heterocycles. The number of hydrogen-bond acceptors (Lipinski definition) is 5. The molecular weight excluding hydrogens is 344 g/mol. The van der Waals surface area contributed by atoms with E-state index >= 15 is 0 Å². The van der Waals surface area contributed by atoms with Gasteiger partial charge in [0.25, 0.3) is 0 Å². The van der Waals surface area contributed by atoms with Crippen LogP contribution in [-0.2, 0) is 37.0 Å². The summed E-state index contributed by atoms with van der Waals surface area (Å²) >= 11 is 0. The van der Waals surface area contributed by atoms with E-state index in [4.69, 9.17) is 18.9 Å². The number of methoxy groups -OCH3 is 1. The fourth-order valence-electron chi connectivity index (χ4n) is 3.79. The third kappa shape index (κ3) is 4.05. The number of benzene rings is 2. The molecule has 5 atom stereocenters. The molecule has 2 aliphatic rings. The first-order valence-electron chi connectivity index (χ1n) is 9.28. The van der Waals surface area contributed by atoms with Crippen LogP contribution in [0.1, 0.15) is 11.1 Å². The lowest BCUT2D eigenvalue weighted by molar-refractivity contribution is -0.152. The zero-order valence-corrected chi connectivity index (χ0v) is 15.3. The summed E-state index contributed by atoms with van der Waals surface area (Å²) in [5.41, 5.74) is 2.19. The maximum Gasteiger partial charge on any atom is 0.311 e. The van der Waals surface area contributed by atoms with Crippen molar-refractivity contribution >= 4 is 5.97 Å². The normalized spacial score (nSPS) is 29.0. The van der Waals surface area contributed by atoms with E-state index in [9.17, 15) is 4.79 Å². The van der Waals surface area contributed by atoms with Gasteiger partial charge in [-0.2, -0.15) is 0 Å². The van der Waals surface area contributed by atoms with Gasteiger partial charge in [-0.3, -0.25) is 4.79 Å². The topological polar surface area (TPSA) is 54.0 Å². The van der Waals surface area contributed by atoms with Crippen molar-refractivity contribution in [1.29, 1.82) is 0 Å². The van der Waals surface area contributed by atoms with Crippen LogP contribution in [0.4, 0.5) is 0 Å². The van der Waals surface area contributed by atoms with Crippen molar-refractivity contribution in [2.75, 3.05) is 13.7 Å². The third-order valence-corrected chi connectivity index (χ3v) is 5.27. The van der Waals surface area contributed by atoms with Crippen molar-refractivity contribution in [1.82, 2.24) is 0 Å². The Kier molecular flexibility index (Phi) is 5.53. The molecule has 2 aromatic rings. The summed E-state index contributed by atoms with van der Waals surface area (Å²) < 4.78 is 23.2. The van der Waals surface area contributed by atoms with Crippen LogP contribution in [0.5, 0.6) is 0 Å². The number of hydrogen-bond donors (Lipinski definition) is 0. The van der Waals surface area contributed by atoms with Crippen LogP contribution >= 0.6 is 0 Å². The summed E-state index contributed by atoms with van der Waals surface area (Å²) in [4.78, 5) is 12.0. The Morgan fingerprint density at radius 3 is 2.15 bits per heavy atom. The van der Waals surface area contributed by atoms with Gasteiger partial charge in [0.05, 0.1) is 45.1 Å². The Balaban J connectivity index is 1.44. The van der Waals surface area contributed by atoms with Crippen LogP contribution in [0.15, 0.2) is 60.7 Å². The predicted octanol–water partition coefficient (Wildman–Crippen LogP) is 2.98. The van der Waals surface area contributed by atoms with Gasteiger partial charge in [-0.25, -0.2) is 0 Å². The number of ether oxygens (including phenoxy) is 4. The van der Waals surface area contributed by atoms with Crippen molar-refractivity contribution in [3.63, 3.8) is 0 Å². The van der Waals surface area contributed by atoms with E-state index in [1.54, 1.807) is 0 Å². The second-order valence-electron chi connectivity index (χ2n) is 7.02. The lowest BCUT2D eigenvalue weighted by Crippen LogP contribution is -2.42. The van der Waals surface area contributed by atoms with Crippen molar-refractivity contribution in [3.05, 3.63) is 71.8 Å². The molecule has 1 saturated heterocycles. The van der Waals surface area contributed by atoms with Crippen molar-refractivity contribution in [2.24, 2.45) is 11.8 Å². The van der Waals surface area contributed by atoms with Crippen molar-refractivity contribution in [2.45, 2.75) is 31.5 Å². The average molecular weight is 368 g/mol. The molecule has 27 heavy (non-hydrogen) atoms. The number of carbonyl (C=O) groups is 1. The average Bonchev–Trinajstić information content (AvgIpc) is 3.46. The molecule has 2 aromatic carbocycles. The van der Waals surface area contributed by atoms with E-state index in [0.717, 1.165) is 11.1 Å². The Morgan fingerprint density at radius 2 is 1.56 bits per heavy atom. The Hall–Kier alpha value is -2.21. The van der Waals surface area contributed by atoms with Crippen LogP contribution in [0, 0.1) is 11.8 Å². The minimum Gasteiger partial charge on any atom is -0.469 e. The smallest absolute Gasteiger partial charge is 0.311 e. The van der Waals surface area contributed by atoms with Gasteiger partial charge in [-0.15, -0.1) is 0 Å². The molecule has 1 saturated carbocycles. The predicted molar refractivity (Wildman–Crippen MR) is 98.8 cm³/mol. The number of carbonyl (C=O) groups excluding carboxylic acids is 1. The molecule has 5 heteroatoms. The molecule has 4 rings (SSSR count). The lowest BCUT2D eigenvalue weighted by Gasteiger charge is -2.31. The molecule has 2 fully saturated rings. The first-order valence-corrected chi connectivity index (χ1v) is 9.28. The minimum atomic E-state index is -0.263. The van der Waals surface area contributed by atoms with Crippen molar-refractivity contribution < 1.29 is 23.7 Å². The van der Waals surface area contributed by atoms with Gasteiger partial charge in [-0.05, 0) is 11.1 Å². The Bertz CT molecular complexity index is 748. The summed E-state index contributed by atoms with van der Waals surface area (Å²) in [6, 6.07) is 20.0. The number of fused-ring (bicyclic) bond motifs is 1. The maximum atomic E-state index is 12.0. The van der Waals surface area contributed by atoms with Crippen LogP contribution < -0.4 is 0 Å². The fourth-order valence-corrected chi connectivity index (χ4v) is 3.79. The monoisotopic (exact) mass is 368 g/mol. The van der Waals surface area contributed by atoms with E-state index in [1.807, 2.05) is 60.7 Å². The van der Waals surface area contributed by atoms with Crippen LogP contribution in [0.2, 0.25) is 0 Å². The summed E-state index contributed by atoms with van der Waals surface area (Å²) in [5.74, 6) is -0.515. The Morgan fingerprint density at radius 1 is 0.963 bits per heavy atom. The molecule has 1 aliphatic heterocycles. The highest BCUT2D eigenvalue weighted by molar-refractivity contribution is 5.77. The van der Waals surface area contributed by atoms with E-state index in [2.05, 4.69) is 0 Å². The van der Waals surface area contributed by atoms with Gasteiger partial charge in [0.1, 0.15) is 6.10 Å². The van der Waals surface area contributed by atoms with E-state index < -0.39 is 0 Å². The fraction of sp³-hybridized carbons (Fsp3) is 0.409. The zero-order valence-electron chi connectivity index (χ0n) is 15.3. The van der Waals surface area contributed by atoms with E-state index in [0.29, 0.717) is 19.8 Å². The largest absolute Gasteiger partial charge is 0.469 e. The Labute approximate surface area is 159 Å². The van der Waals surface area contributed by atoms with Gasteiger partial charge < -0.3 is 18.9 Å². The second-order valence-corrected chi connectivity index (χ2v) is 7.02. The molecule has 0 radical (unpaired) electrons. The van der Waals surface area contributed by atoms with Gasteiger partial charge in [-0.1, -0.05) is 60.7 Å². The van der Waals surface area contributed by atoms with Crippen LogP contribution in [0.25, 0.3) is 0 Å². The highest BCUT2D eigenvalue weighted by atomic mass is 16.6. The maximum absolute atomic E-state index is 12.0. The summed E-state index contributed by atoms with van der Waals surface area (Å²) in [7, 11) is 1.41. The third-order valence-electron chi connectivity index (χ3n) is 5.27. The molecule has 0 N–H and O–H groups in total. The molecule has 0 bridgehead atoms. The van der Waals surface area contributed by atoms with Gasteiger partial charge >= 0.3 is 5.97 Å². The highest BCUT2D eigenvalue weighted by Crippen LogP contribution is 2.50. The summed E-state index contributed by atoms with van der Waals surface area (Å²) in [6.07, 6.45) is -0.545. The van der Waals surface area contributed by atoms with Crippen LogP contribution in [0.3, 0.4) is 0 Å². The van der Waals surface area contributed by atoms with Gasteiger partial charge in [0, 0.05) is 5.92 Å². The minimum absolute atomic E-state index is 0.0179. The molecule has 0 unspecified atom stereocenters. The second kappa shape index (κ2) is 8.21. The molecule has 0 spiro atoms. The molecule has 1 aliphatic carbocycles. The first-order chi connectivity index (χ1) is 13.3. The number of rotatable bonds is 7. The van der Waals surface area contributed by atoms with Gasteiger partial charge in [0.15, 0.2) is 0 Å². The highest BCUT2D eigenvalue weighted by Gasteiger charge is 2.65. The summed E-state index contributed by atoms with van der Waals surface area (Å²) in [5, 5.41) is 0. The number of esters is 1. The standard InChI is InChI=1S/C22H24O5/c1-24-22(23)19-18-20(26-13-16-10-6-3-7-11-16)17(14-27-21(18)19)25-12-15-8-4-2-5-9-15/h2-11,17-21H,12-14H2,1H3/t17-,18+,19-,20-,21-/m0/s1. The summed E-state index contributed by atoms with van der Waals surface area (Å²) in [6.45, 7) is 1.38. The SMILES string of the molecule is COC(=O)[C@@H]1[C@H]2OC[C@H](OCc3ccccc3)[C@H](OCc3ccccc3)[C@H]21. The van der Waals surface area contributed by atoms with Gasteiger partial charge in [0.2, 0.25) is 0 Å². The van der Waals surface area contributed by atoms with E-state index in [-0.39, 0.29) is 36.1 Å². The van der Waals surface area contributed by atoms with E-state index in [1.165, 1.54) is 7.11 Å². The lowest BCUT2D eigenvalue weighted by atomic mass is 10.1. The molecule has 0 amide bonds. The molecule has 5 nitrogen and oxygen atoms in total. The van der Waals surface area contributed by atoms with Crippen molar-refractivity contribution in [3.8, 4) is 0 Å².